The Labute approximate surface area is 142 Å². The Bertz CT molecular complexity index is 1130. The van der Waals surface area contributed by atoms with E-state index >= 15 is 0 Å². The number of carbonyl (C=O) groups is 1. The zero-order valence-electron chi connectivity index (χ0n) is 24.0. The van der Waals surface area contributed by atoms with Crippen molar-refractivity contribution in [2.24, 2.45) is 0 Å². The van der Waals surface area contributed by atoms with Crippen LogP contribution in [0, 0.1) is 0 Å². The number of nitrogens with one attached hydrogen (secondary N) is 2. The summed E-state index contributed by atoms with van der Waals surface area (Å²) in [4.78, 5) is 12.3. The van der Waals surface area contributed by atoms with Gasteiger partial charge in [-0.15, -0.1) is 0 Å². The molecule has 1 saturated heterocycles. The molecule has 0 bridgehead atoms. The minimum absolute atomic E-state index is 0.0660. The van der Waals surface area contributed by atoms with Crippen molar-refractivity contribution in [3.8, 4) is 0 Å². The van der Waals surface area contributed by atoms with Crippen LogP contribution >= 0.6 is 0 Å². The molecule has 112 valence electrons. The van der Waals surface area contributed by atoms with E-state index in [9.17, 15) is 4.79 Å². The van der Waals surface area contributed by atoms with Gasteiger partial charge in [0.05, 0.1) is 12.9 Å². The maximum absolute atomic E-state index is 11.6. The third-order valence-corrected chi connectivity index (χ3v) is 3.03. The maximum Gasteiger partial charge on any atom is 0.407 e. The molecule has 0 spiro atoms. The molecule has 1 aliphatic heterocycles. The number of aromatic nitrogens is 1. The van der Waals surface area contributed by atoms with Crippen LogP contribution in [-0.2, 0) is 17.6 Å². The van der Waals surface area contributed by atoms with E-state index in [4.69, 9.17) is 22.6 Å². The van der Waals surface area contributed by atoms with Gasteiger partial charge in [-0.25, -0.2) is 4.79 Å². The van der Waals surface area contributed by atoms with Crippen LogP contribution in [0.15, 0.2) is 24.3 Å². The highest BCUT2D eigenvalue weighted by atomic mass is 16.6. The summed E-state index contributed by atoms with van der Waals surface area (Å²) in [6.45, 7) is -7.06. The lowest BCUT2D eigenvalue weighted by Crippen LogP contribution is -2.28. The fourth-order valence-corrected chi connectivity index (χ4v) is 2.05. The molecule has 5 heteroatoms. The van der Waals surface area contributed by atoms with Gasteiger partial charge in [0.2, 0.25) is 0 Å². The highest BCUT2D eigenvalue weighted by Gasteiger charge is 2.22. The summed E-state index contributed by atoms with van der Waals surface area (Å²) in [6.07, 6.45) is -2.47. The first-order valence-electron chi connectivity index (χ1n) is 12.7. The zero-order chi connectivity index (χ0) is 26.0. The first-order chi connectivity index (χ1) is 15.4. The third-order valence-electron chi connectivity index (χ3n) is 3.03. The highest BCUT2D eigenvalue weighted by molar-refractivity contribution is 5.84. The second kappa shape index (κ2) is 5.77. The van der Waals surface area contributed by atoms with Crippen molar-refractivity contribution in [2.75, 3.05) is 27.1 Å². The molecule has 5 nitrogen and oxygen atoms in total. The van der Waals surface area contributed by atoms with Gasteiger partial charge in [-0.2, -0.15) is 0 Å². The number of H-pyrrole nitrogens is 1. The first-order valence-corrected chi connectivity index (χ1v) is 6.27. The Morgan fingerprint density at radius 3 is 3.29 bits per heavy atom. The van der Waals surface area contributed by atoms with Crippen molar-refractivity contribution in [2.45, 2.75) is 18.9 Å². The monoisotopic (exact) mass is 300 g/mol. The summed E-state index contributed by atoms with van der Waals surface area (Å²) in [7, 11) is 0. The van der Waals surface area contributed by atoms with Crippen molar-refractivity contribution in [1.29, 1.82) is 0 Å². The molecule has 0 unspecified atom stereocenters. The summed E-state index contributed by atoms with van der Waals surface area (Å²) in [5.41, 5.74) is -0.532. The Balaban J connectivity index is 2.14. The van der Waals surface area contributed by atoms with E-state index in [-0.39, 0.29) is 38.7 Å². The molecule has 1 aliphatic rings. The van der Waals surface area contributed by atoms with Crippen LogP contribution in [0.3, 0.4) is 0 Å². The molecule has 3 rings (SSSR count). The summed E-state index contributed by atoms with van der Waals surface area (Å²) in [6, 6.07) is -3.47. The standard InChI is InChI=1S/C16H21N3O2/c1-19(2)6-5-12-9-17-15-4-3-11(8-14(12)15)7-13-10-21-16(20)18-13/h3-4,8-9,13,17H,5-7,10H2,1-2H3,(H,18,20)/t13-/m0/s1/i1D3,2D3,3D,4D,8D,9D,13D/hD2. The SMILES string of the molecule is [2H]c1c(C[C@@]2([2H])COC(=O)N2[2H])c([2H])c2c(CCN(C([2H])([2H])[2H])C([2H])([2H])[2H])c([2H])n([2H])c2c1[2H]. The number of carbonyl (C=O) groups excluding carboxylic acids is 1. The molecule has 2 heterocycles. The summed E-state index contributed by atoms with van der Waals surface area (Å²) < 4.78 is 107. The van der Waals surface area contributed by atoms with Crippen LogP contribution in [0.2, 0.25) is 2.82 Å². The van der Waals surface area contributed by atoms with Crippen molar-refractivity contribution in [3.05, 3.63) is 35.4 Å². The van der Waals surface area contributed by atoms with Gasteiger partial charge in [-0.05, 0) is 50.0 Å². The van der Waals surface area contributed by atoms with Crippen LogP contribution in [0.1, 0.15) is 26.2 Å². The molecule has 0 radical (unpaired) electrons. The van der Waals surface area contributed by atoms with Crippen molar-refractivity contribution < 1.29 is 27.4 Å². The molecule has 1 atom stereocenters. The van der Waals surface area contributed by atoms with E-state index in [0.717, 1.165) is 0 Å². The smallest absolute Gasteiger partial charge is 0.407 e. The van der Waals surface area contributed by atoms with E-state index in [2.05, 4.69) is 0 Å². The Morgan fingerprint density at radius 2 is 2.52 bits per heavy atom. The lowest BCUT2D eigenvalue weighted by atomic mass is 10.0. The van der Waals surface area contributed by atoms with E-state index in [1.54, 1.807) is 0 Å². The average Bonchev–Trinajstić information content (AvgIpc) is 3.10. The van der Waals surface area contributed by atoms with Gasteiger partial charge in [0, 0.05) is 31.8 Å². The number of aromatic amines is 1. The largest absolute Gasteiger partial charge is 0.447 e. The van der Waals surface area contributed by atoms with Crippen LogP contribution < -0.4 is 5.31 Å². The number of benzene rings is 1. The van der Waals surface area contributed by atoms with Crippen LogP contribution in [-0.4, -0.2) is 49.1 Å². The van der Waals surface area contributed by atoms with E-state index in [1.807, 2.05) is 0 Å². The van der Waals surface area contributed by atoms with Crippen molar-refractivity contribution >= 4 is 17.0 Å². The number of nitrogens with zero attached hydrogens (tertiary/aromatic N) is 1. The molecule has 21 heavy (non-hydrogen) atoms. The van der Waals surface area contributed by atoms with Gasteiger partial charge in [-0.3, -0.25) is 0 Å². The van der Waals surface area contributed by atoms with E-state index in [0.29, 0.717) is 4.98 Å². The summed E-state index contributed by atoms with van der Waals surface area (Å²) >= 11 is 0. The predicted molar refractivity (Wildman–Crippen MR) is 82.5 cm³/mol. The fourth-order valence-electron chi connectivity index (χ4n) is 2.05. The summed E-state index contributed by atoms with van der Waals surface area (Å²) in [5, 5.41) is 0.133. The van der Waals surface area contributed by atoms with E-state index < -0.39 is 69.9 Å². The molecule has 1 fully saturated rings. The van der Waals surface area contributed by atoms with Crippen LogP contribution in [0.25, 0.3) is 10.9 Å². The molecule has 2 aromatic rings. The van der Waals surface area contributed by atoms with Gasteiger partial charge in [0.25, 0.3) is 0 Å². The Hall–Kier alpha value is -2.01. The van der Waals surface area contributed by atoms with Gasteiger partial charge in [0.1, 0.15) is 6.61 Å². The molecule has 1 aromatic carbocycles. The zero-order valence-corrected chi connectivity index (χ0v) is 11.0. The Kier molecular flexibility index (Phi) is 1.46. The molecule has 2 N–H and O–H groups in total. The number of hydrogen-bond acceptors (Lipinski definition) is 3. The number of amides is 1. The minimum Gasteiger partial charge on any atom is -0.447 e. The lowest BCUT2D eigenvalue weighted by molar-refractivity contribution is 0.177. The molecule has 0 aliphatic carbocycles. The van der Waals surface area contributed by atoms with Gasteiger partial charge >= 0.3 is 6.09 Å². The highest BCUT2D eigenvalue weighted by Crippen LogP contribution is 2.21. The number of hydrogen-bond donors (Lipinski definition) is 2. The van der Waals surface area contributed by atoms with Crippen molar-refractivity contribution in [3.63, 3.8) is 0 Å². The molecule has 1 aromatic heterocycles. The number of rotatable bonds is 5. The average molecular weight is 300 g/mol. The quantitative estimate of drug-likeness (QED) is 0.887. The molecular formula is C16H21N3O2. The number of likely N-dealkylation sites (N-methyl/N-ethyl adjacent to an activating group) is 1. The lowest BCUT2D eigenvalue weighted by Gasteiger charge is -2.09. The second-order valence-electron chi connectivity index (χ2n) is 4.59. The van der Waals surface area contributed by atoms with E-state index in [1.165, 1.54) is 0 Å². The predicted octanol–water partition coefficient (Wildman–Crippen LogP) is 1.92. The third kappa shape index (κ3) is 3.19. The normalized spacial score (nSPS) is 32.3. The summed E-state index contributed by atoms with van der Waals surface area (Å²) in [5.74, 6) is 0. The topological polar surface area (TPSA) is 57.4 Å². The van der Waals surface area contributed by atoms with Gasteiger partial charge in [-0.1, -0.05) is 6.04 Å². The molecule has 0 saturated carbocycles. The minimum atomic E-state index is -2.99. The Morgan fingerprint density at radius 1 is 1.62 bits per heavy atom. The van der Waals surface area contributed by atoms with Gasteiger partial charge < -0.3 is 19.9 Å². The fraction of sp³-hybridized carbons (Fsp3) is 0.438. The second-order valence-corrected chi connectivity index (χ2v) is 4.59. The van der Waals surface area contributed by atoms with Crippen LogP contribution in [0.4, 0.5) is 4.79 Å². The molecular weight excluding hydrogens is 266 g/mol. The van der Waals surface area contributed by atoms with Crippen LogP contribution in [0.5, 0.6) is 0 Å². The number of fused-ring (bicyclic) bond motifs is 1. The van der Waals surface area contributed by atoms with Gasteiger partial charge in [0.15, 0.2) is 2.82 Å². The molecule has 1 amide bonds. The first kappa shape index (κ1) is 5.32. The number of ether oxygens (including phenoxy) is 1. The maximum atomic E-state index is 11.6. The number of alkyl carbamates (subject to hydrolysis) is 1. The van der Waals surface area contributed by atoms with Crippen molar-refractivity contribution in [1.82, 2.24) is 15.2 Å². The number of cyclic esters (lactones) is 1.